The molecular formula is C23H23ClF3N5O2. The van der Waals surface area contributed by atoms with Gasteiger partial charge in [0.25, 0.3) is 5.91 Å². The zero-order valence-electron chi connectivity index (χ0n) is 18.1. The molecule has 2 aliphatic rings. The Morgan fingerprint density at radius 2 is 1.91 bits per heavy atom. The highest BCUT2D eigenvalue weighted by Gasteiger charge is 2.41. The van der Waals surface area contributed by atoms with E-state index in [1.807, 2.05) is 21.8 Å². The van der Waals surface area contributed by atoms with E-state index in [4.69, 9.17) is 11.6 Å². The van der Waals surface area contributed by atoms with Crippen LogP contribution in [0.3, 0.4) is 0 Å². The smallest absolute Gasteiger partial charge is 0.334 e. The van der Waals surface area contributed by atoms with Crippen LogP contribution in [-0.4, -0.2) is 51.0 Å². The first kappa shape index (κ1) is 23.1. The Kier molecular flexibility index (Phi) is 6.22. The first-order valence-electron chi connectivity index (χ1n) is 11.1. The fraction of sp³-hybridized carbons (Fsp3) is 0.435. The minimum absolute atomic E-state index is 0.00143. The summed E-state index contributed by atoms with van der Waals surface area (Å²) < 4.78 is 43.0. The topological polar surface area (TPSA) is 72.3 Å². The van der Waals surface area contributed by atoms with Gasteiger partial charge in [0.15, 0.2) is 0 Å². The highest BCUT2D eigenvalue weighted by molar-refractivity contribution is 6.31. The van der Waals surface area contributed by atoms with Crippen LogP contribution in [0.5, 0.6) is 0 Å². The third-order valence-electron chi connectivity index (χ3n) is 6.46. The van der Waals surface area contributed by atoms with Crippen molar-refractivity contribution in [1.82, 2.24) is 25.0 Å². The van der Waals surface area contributed by atoms with Crippen LogP contribution in [0.25, 0.3) is 10.9 Å². The molecule has 2 fully saturated rings. The number of benzene rings is 1. The lowest BCUT2D eigenvalue weighted by molar-refractivity contribution is -0.351. The predicted octanol–water partition coefficient (Wildman–Crippen LogP) is 4.85. The van der Waals surface area contributed by atoms with Crippen LogP contribution in [0.1, 0.15) is 53.8 Å². The van der Waals surface area contributed by atoms with Gasteiger partial charge in [-0.05, 0) is 49.9 Å². The third-order valence-corrected chi connectivity index (χ3v) is 6.70. The number of alkyl halides is 3. The molecule has 7 nitrogen and oxygen atoms in total. The van der Waals surface area contributed by atoms with Crippen molar-refractivity contribution in [2.24, 2.45) is 0 Å². The van der Waals surface area contributed by atoms with Crippen LogP contribution in [0, 0.1) is 0 Å². The van der Waals surface area contributed by atoms with E-state index in [1.54, 1.807) is 30.6 Å². The lowest BCUT2D eigenvalue weighted by Gasteiger charge is -2.34. The molecule has 0 radical (unpaired) electrons. The Hall–Kier alpha value is -2.69. The summed E-state index contributed by atoms with van der Waals surface area (Å²) in [5, 5.41) is 3.37. The summed E-state index contributed by atoms with van der Waals surface area (Å²) in [4.78, 5) is 21.5. The molecule has 5 rings (SSSR count). The Labute approximate surface area is 198 Å². The molecule has 2 aromatic heterocycles. The van der Waals surface area contributed by atoms with Gasteiger partial charge in [-0.25, -0.2) is 15.0 Å². The maximum atomic E-state index is 12.7. The number of hydrogen-bond donors (Lipinski definition) is 1. The molecule has 0 spiro atoms. The standard InChI is InChI=1S/C23H23ClF3N5O2/c24-16-2-4-19-14(9-16)1-3-20(29-19)22(33)30-32-7-5-17(6-8-32)31-12-21(28-13-31)15-10-18(11-15)34-23(25,26)27/h1-4,9,12-13,15,17-18H,5-8,10-11H2,(H,30,33). The highest BCUT2D eigenvalue weighted by atomic mass is 35.5. The van der Waals surface area contributed by atoms with Crippen LogP contribution in [0.15, 0.2) is 42.9 Å². The molecule has 1 amide bonds. The van der Waals surface area contributed by atoms with Gasteiger partial charge in [0.05, 0.1) is 23.6 Å². The monoisotopic (exact) mass is 493 g/mol. The number of pyridine rings is 1. The summed E-state index contributed by atoms with van der Waals surface area (Å²) >= 11 is 6.00. The summed E-state index contributed by atoms with van der Waals surface area (Å²) in [5.74, 6) is -0.265. The Bertz CT molecular complexity index is 1190. The van der Waals surface area contributed by atoms with Gasteiger partial charge in [-0.1, -0.05) is 17.7 Å². The molecule has 1 saturated carbocycles. The van der Waals surface area contributed by atoms with Gasteiger partial charge >= 0.3 is 6.36 Å². The number of nitrogens with one attached hydrogen (secondary N) is 1. The zero-order chi connectivity index (χ0) is 23.9. The number of hydrogen-bond acceptors (Lipinski definition) is 5. The Morgan fingerprint density at radius 1 is 1.15 bits per heavy atom. The number of piperidine rings is 1. The predicted molar refractivity (Wildman–Crippen MR) is 119 cm³/mol. The van der Waals surface area contributed by atoms with Gasteiger partial charge in [0.1, 0.15) is 5.69 Å². The number of carbonyl (C=O) groups is 1. The van der Waals surface area contributed by atoms with E-state index in [1.165, 1.54) is 0 Å². The normalized spacial score (nSPS) is 22.0. The number of amides is 1. The minimum Gasteiger partial charge on any atom is -0.334 e. The lowest BCUT2D eigenvalue weighted by atomic mass is 9.80. The number of carbonyl (C=O) groups excluding carboxylic acids is 1. The number of nitrogens with zero attached hydrogens (tertiary/aromatic N) is 4. The van der Waals surface area contributed by atoms with Crippen molar-refractivity contribution in [3.63, 3.8) is 0 Å². The molecule has 1 N–H and O–H groups in total. The summed E-state index contributed by atoms with van der Waals surface area (Å²) in [7, 11) is 0. The second-order valence-electron chi connectivity index (χ2n) is 8.79. The van der Waals surface area contributed by atoms with E-state index in [0.717, 1.165) is 23.9 Å². The number of ether oxygens (including phenoxy) is 1. The van der Waals surface area contributed by atoms with Crippen molar-refractivity contribution >= 4 is 28.4 Å². The summed E-state index contributed by atoms with van der Waals surface area (Å²) in [6.07, 6.45) is 0.590. The van der Waals surface area contributed by atoms with Gasteiger partial charge in [0, 0.05) is 41.7 Å². The van der Waals surface area contributed by atoms with Crippen molar-refractivity contribution in [3.8, 4) is 0 Å². The number of aromatic nitrogens is 3. The lowest BCUT2D eigenvalue weighted by Crippen LogP contribution is -2.47. The number of rotatable bonds is 5. The Morgan fingerprint density at radius 3 is 2.65 bits per heavy atom. The van der Waals surface area contributed by atoms with Crippen LogP contribution in [0.4, 0.5) is 13.2 Å². The number of imidazole rings is 1. The second kappa shape index (κ2) is 9.16. The third kappa shape index (κ3) is 5.18. The fourth-order valence-electron chi connectivity index (χ4n) is 4.56. The average molecular weight is 494 g/mol. The molecule has 180 valence electrons. The second-order valence-corrected chi connectivity index (χ2v) is 9.23. The number of fused-ring (bicyclic) bond motifs is 1. The Balaban J connectivity index is 1.12. The van der Waals surface area contributed by atoms with Crippen molar-refractivity contribution in [3.05, 3.63) is 59.3 Å². The van der Waals surface area contributed by atoms with E-state index >= 15 is 0 Å². The van der Waals surface area contributed by atoms with E-state index in [2.05, 4.69) is 20.1 Å². The van der Waals surface area contributed by atoms with Gasteiger partial charge in [-0.15, -0.1) is 13.2 Å². The molecule has 3 aromatic rings. The van der Waals surface area contributed by atoms with Crippen molar-refractivity contribution < 1.29 is 22.7 Å². The minimum atomic E-state index is -4.59. The van der Waals surface area contributed by atoms with Crippen LogP contribution < -0.4 is 5.43 Å². The molecule has 11 heteroatoms. The first-order valence-corrected chi connectivity index (χ1v) is 11.5. The molecule has 3 heterocycles. The fourth-order valence-corrected chi connectivity index (χ4v) is 4.74. The van der Waals surface area contributed by atoms with E-state index < -0.39 is 12.5 Å². The molecule has 1 aliphatic heterocycles. The maximum absolute atomic E-state index is 12.7. The van der Waals surface area contributed by atoms with E-state index in [9.17, 15) is 18.0 Å². The zero-order valence-corrected chi connectivity index (χ0v) is 18.9. The summed E-state index contributed by atoms with van der Waals surface area (Å²) in [6.45, 7) is 1.33. The number of halogens is 4. The summed E-state index contributed by atoms with van der Waals surface area (Å²) in [6, 6.07) is 9.05. The molecule has 1 saturated heterocycles. The van der Waals surface area contributed by atoms with Gasteiger partial charge in [-0.2, -0.15) is 0 Å². The van der Waals surface area contributed by atoms with Crippen LogP contribution in [0.2, 0.25) is 5.02 Å². The molecule has 1 aromatic carbocycles. The van der Waals surface area contributed by atoms with Crippen molar-refractivity contribution in [1.29, 1.82) is 0 Å². The van der Waals surface area contributed by atoms with E-state index in [-0.39, 0.29) is 17.9 Å². The molecule has 1 aliphatic carbocycles. The van der Waals surface area contributed by atoms with Gasteiger partial charge < -0.3 is 4.57 Å². The SMILES string of the molecule is O=C(NN1CCC(n2cnc(C3CC(OC(F)(F)F)C3)c2)CC1)c1ccc2cc(Cl)ccc2n1. The van der Waals surface area contributed by atoms with Crippen molar-refractivity contribution in [2.75, 3.05) is 13.1 Å². The molecule has 0 unspecified atom stereocenters. The maximum Gasteiger partial charge on any atom is 0.522 e. The van der Waals surface area contributed by atoms with Crippen LogP contribution >= 0.6 is 11.6 Å². The quantitative estimate of drug-likeness (QED) is 0.550. The van der Waals surface area contributed by atoms with Gasteiger partial charge in [0.2, 0.25) is 0 Å². The molecular weight excluding hydrogens is 471 g/mol. The van der Waals surface area contributed by atoms with E-state index in [0.29, 0.717) is 42.2 Å². The summed E-state index contributed by atoms with van der Waals surface area (Å²) in [5.41, 5.74) is 4.77. The first-order chi connectivity index (χ1) is 16.2. The van der Waals surface area contributed by atoms with Crippen molar-refractivity contribution in [2.45, 2.75) is 50.1 Å². The molecule has 34 heavy (non-hydrogen) atoms. The average Bonchev–Trinajstić information content (AvgIpc) is 3.25. The van der Waals surface area contributed by atoms with Gasteiger partial charge in [-0.3, -0.25) is 15.0 Å². The molecule has 0 bridgehead atoms. The molecule has 0 atom stereocenters. The largest absolute Gasteiger partial charge is 0.522 e. The number of hydrazine groups is 1. The van der Waals surface area contributed by atoms with Crippen LogP contribution in [-0.2, 0) is 4.74 Å². The highest BCUT2D eigenvalue weighted by Crippen LogP contribution is 2.41.